The van der Waals surface area contributed by atoms with Gasteiger partial charge in [-0.05, 0) is 26.3 Å². The molecule has 0 saturated heterocycles. The van der Waals surface area contributed by atoms with Crippen molar-refractivity contribution in [3.8, 4) is 0 Å². The van der Waals surface area contributed by atoms with Gasteiger partial charge in [0.15, 0.2) is 0 Å². The fraction of sp³-hybridized carbons (Fsp3) is 0.444. The lowest BCUT2D eigenvalue weighted by atomic mass is 10.1. The second kappa shape index (κ2) is 2.59. The Labute approximate surface area is 76.3 Å². The molecule has 1 aromatic heterocycles. The molecule has 1 unspecified atom stereocenters. The molecule has 1 aliphatic rings. The van der Waals surface area contributed by atoms with Crippen molar-refractivity contribution in [3.63, 3.8) is 0 Å². The molecule has 2 rings (SSSR count). The second-order valence-corrected chi connectivity index (χ2v) is 4.35. The summed E-state index contributed by atoms with van der Waals surface area (Å²) in [6, 6.07) is 0.325. The molecule has 0 bridgehead atoms. The predicted octanol–water partition coefficient (Wildman–Crippen LogP) is 2.88. The molecule has 64 valence electrons. The van der Waals surface area contributed by atoms with E-state index < -0.39 is 0 Å². The molecule has 0 radical (unpaired) electrons. The molecule has 1 atom stereocenters. The van der Waals surface area contributed by atoms with E-state index in [2.05, 4.69) is 31.1 Å². The number of fused-ring (bicyclic) bond motifs is 1. The molecule has 1 aromatic rings. The molecule has 0 spiro atoms. The van der Waals surface area contributed by atoms with Crippen LogP contribution in [0.2, 0.25) is 0 Å². The van der Waals surface area contributed by atoms with Crippen LogP contribution < -0.4 is 5.32 Å². The normalized spacial score (nSPS) is 20.4. The third-order valence-electron chi connectivity index (χ3n) is 2.34. The zero-order valence-corrected chi connectivity index (χ0v) is 8.33. The summed E-state index contributed by atoms with van der Waals surface area (Å²) >= 11 is 1.82. The highest BCUT2D eigenvalue weighted by atomic mass is 32.1. The maximum Gasteiger partial charge on any atom is 0.0993 e. The minimum atomic E-state index is 0.325. The molecule has 0 amide bonds. The van der Waals surface area contributed by atoms with Crippen LogP contribution in [0.3, 0.4) is 0 Å². The van der Waals surface area contributed by atoms with Gasteiger partial charge in [0.2, 0.25) is 0 Å². The minimum absolute atomic E-state index is 0.325. The van der Waals surface area contributed by atoms with Gasteiger partial charge in [-0.2, -0.15) is 0 Å². The standard InChI is InChI=1S/C9H12N2S/c1-5-7(3)12-9-8(5)6(2)10-4-11-9/h4,6H,1-3H3,(H,10,11). The van der Waals surface area contributed by atoms with Gasteiger partial charge in [-0.15, -0.1) is 11.3 Å². The van der Waals surface area contributed by atoms with Crippen molar-refractivity contribution in [3.05, 3.63) is 16.0 Å². The topological polar surface area (TPSA) is 24.4 Å². The Morgan fingerprint density at radius 3 is 2.92 bits per heavy atom. The Hall–Kier alpha value is -0.830. The summed E-state index contributed by atoms with van der Waals surface area (Å²) in [6.07, 6.45) is 1.79. The van der Waals surface area contributed by atoms with Crippen LogP contribution in [0.5, 0.6) is 0 Å². The first-order valence-electron chi connectivity index (χ1n) is 4.08. The quantitative estimate of drug-likeness (QED) is 0.652. The number of nitrogens with zero attached hydrogens (tertiary/aromatic N) is 1. The lowest BCUT2D eigenvalue weighted by Crippen LogP contribution is -2.06. The van der Waals surface area contributed by atoms with Gasteiger partial charge < -0.3 is 5.32 Å². The summed E-state index contributed by atoms with van der Waals surface area (Å²) < 4.78 is 0. The van der Waals surface area contributed by atoms with E-state index in [1.807, 2.05) is 11.3 Å². The minimum Gasteiger partial charge on any atom is -0.338 e. The van der Waals surface area contributed by atoms with Gasteiger partial charge in [-0.25, -0.2) is 0 Å². The molecule has 0 fully saturated rings. The molecule has 0 saturated carbocycles. The van der Waals surface area contributed by atoms with Crippen molar-refractivity contribution in [1.82, 2.24) is 0 Å². The van der Waals surface area contributed by atoms with Gasteiger partial charge in [0.05, 0.1) is 17.4 Å². The van der Waals surface area contributed by atoms with Gasteiger partial charge in [-0.3, -0.25) is 4.99 Å². The Kier molecular flexibility index (Phi) is 1.68. The number of anilines is 1. The third kappa shape index (κ3) is 0.966. The Bertz CT molecular complexity index is 339. The predicted molar refractivity (Wildman–Crippen MR) is 54.3 cm³/mol. The molecule has 3 heteroatoms. The maximum atomic E-state index is 4.32. The van der Waals surface area contributed by atoms with Gasteiger partial charge in [-0.1, -0.05) is 0 Å². The van der Waals surface area contributed by atoms with Crippen LogP contribution >= 0.6 is 11.3 Å². The van der Waals surface area contributed by atoms with Crippen LogP contribution in [-0.2, 0) is 0 Å². The van der Waals surface area contributed by atoms with Crippen molar-refractivity contribution < 1.29 is 0 Å². The molecule has 1 N–H and O–H groups in total. The summed E-state index contributed by atoms with van der Waals surface area (Å²) in [6.45, 7) is 6.46. The van der Waals surface area contributed by atoms with E-state index in [9.17, 15) is 0 Å². The number of aliphatic imine (C=N–C) groups is 1. The molecular weight excluding hydrogens is 168 g/mol. The highest BCUT2D eigenvalue weighted by molar-refractivity contribution is 7.16. The van der Waals surface area contributed by atoms with Crippen molar-refractivity contribution in [1.29, 1.82) is 0 Å². The molecule has 0 aliphatic carbocycles. The lowest BCUT2D eigenvalue weighted by Gasteiger charge is -2.14. The van der Waals surface area contributed by atoms with E-state index >= 15 is 0 Å². The first-order valence-corrected chi connectivity index (χ1v) is 4.90. The number of hydrogen-bond acceptors (Lipinski definition) is 3. The summed E-state index contributed by atoms with van der Waals surface area (Å²) in [7, 11) is 0. The number of rotatable bonds is 0. The number of hydrogen-bond donors (Lipinski definition) is 1. The van der Waals surface area contributed by atoms with E-state index in [0.29, 0.717) is 6.04 Å². The van der Waals surface area contributed by atoms with Crippen molar-refractivity contribution in [2.75, 3.05) is 5.32 Å². The van der Waals surface area contributed by atoms with E-state index in [-0.39, 0.29) is 0 Å². The maximum absolute atomic E-state index is 4.32. The van der Waals surface area contributed by atoms with Crippen molar-refractivity contribution in [2.24, 2.45) is 4.99 Å². The first kappa shape index (κ1) is 7.80. The van der Waals surface area contributed by atoms with Crippen LogP contribution in [0, 0.1) is 13.8 Å². The Morgan fingerprint density at radius 1 is 1.50 bits per heavy atom. The largest absolute Gasteiger partial charge is 0.338 e. The average Bonchev–Trinajstić information content (AvgIpc) is 2.29. The van der Waals surface area contributed by atoms with Crippen LogP contribution in [0.15, 0.2) is 4.99 Å². The molecule has 12 heavy (non-hydrogen) atoms. The van der Waals surface area contributed by atoms with E-state index in [0.717, 1.165) is 0 Å². The SMILES string of the molecule is Cc1sc2c(c1C)C(C)N=CN2. The van der Waals surface area contributed by atoms with Crippen LogP contribution in [0.25, 0.3) is 0 Å². The zero-order chi connectivity index (χ0) is 8.72. The van der Waals surface area contributed by atoms with Crippen molar-refractivity contribution >= 4 is 22.7 Å². The summed E-state index contributed by atoms with van der Waals surface area (Å²) in [5, 5.41) is 4.45. The lowest BCUT2D eigenvalue weighted by molar-refractivity contribution is 0.815. The number of nitrogens with one attached hydrogen (secondary N) is 1. The van der Waals surface area contributed by atoms with Crippen LogP contribution in [-0.4, -0.2) is 6.34 Å². The summed E-state index contributed by atoms with van der Waals surface area (Å²) in [5.74, 6) is 0. The monoisotopic (exact) mass is 180 g/mol. The highest BCUT2D eigenvalue weighted by Gasteiger charge is 2.19. The Morgan fingerprint density at radius 2 is 2.25 bits per heavy atom. The van der Waals surface area contributed by atoms with Gasteiger partial charge in [0.25, 0.3) is 0 Å². The van der Waals surface area contributed by atoms with Gasteiger partial charge >= 0.3 is 0 Å². The number of aryl methyl sites for hydroxylation is 1. The van der Waals surface area contributed by atoms with E-state index in [4.69, 9.17) is 0 Å². The smallest absolute Gasteiger partial charge is 0.0993 e. The van der Waals surface area contributed by atoms with Crippen LogP contribution in [0.1, 0.15) is 29.0 Å². The molecule has 0 aromatic carbocycles. The van der Waals surface area contributed by atoms with Gasteiger partial charge in [0, 0.05) is 10.4 Å². The van der Waals surface area contributed by atoms with E-state index in [1.54, 1.807) is 6.34 Å². The highest BCUT2D eigenvalue weighted by Crippen LogP contribution is 2.39. The first-order chi connectivity index (χ1) is 5.70. The summed E-state index contributed by atoms with van der Waals surface area (Å²) in [4.78, 5) is 5.71. The second-order valence-electron chi connectivity index (χ2n) is 3.12. The zero-order valence-electron chi connectivity index (χ0n) is 7.51. The van der Waals surface area contributed by atoms with E-state index in [1.165, 1.54) is 21.0 Å². The fourth-order valence-corrected chi connectivity index (χ4v) is 2.65. The molecule has 2 heterocycles. The van der Waals surface area contributed by atoms with Crippen LogP contribution in [0.4, 0.5) is 5.00 Å². The Balaban J connectivity index is 2.58. The molecular formula is C9H12N2S. The fourth-order valence-electron chi connectivity index (χ4n) is 1.54. The number of thiophene rings is 1. The van der Waals surface area contributed by atoms with Gasteiger partial charge in [0.1, 0.15) is 0 Å². The molecule has 2 nitrogen and oxygen atoms in total. The molecule has 1 aliphatic heterocycles. The van der Waals surface area contributed by atoms with Crippen molar-refractivity contribution in [2.45, 2.75) is 26.8 Å². The third-order valence-corrected chi connectivity index (χ3v) is 3.50. The average molecular weight is 180 g/mol. The summed E-state index contributed by atoms with van der Waals surface area (Å²) in [5.41, 5.74) is 2.77.